The first-order valence-electron chi connectivity index (χ1n) is 5.82. The van der Waals surface area contributed by atoms with Crippen molar-refractivity contribution in [3.63, 3.8) is 0 Å². The van der Waals surface area contributed by atoms with Gasteiger partial charge in [0.2, 0.25) is 0 Å². The van der Waals surface area contributed by atoms with Gasteiger partial charge < -0.3 is 15.2 Å². The molecule has 6 heteroatoms. The molecule has 1 atom stereocenters. The van der Waals surface area contributed by atoms with E-state index in [2.05, 4.69) is 10.3 Å². The SMILES string of the molecule is COC[C@@H](O)CNc1nc(-c2ccccc2Cl)cs1. The summed E-state index contributed by atoms with van der Waals surface area (Å²) in [7, 11) is 1.56. The molecule has 2 aromatic rings. The van der Waals surface area contributed by atoms with Crippen LogP contribution in [0.25, 0.3) is 11.3 Å². The lowest BCUT2D eigenvalue weighted by Gasteiger charge is -2.09. The van der Waals surface area contributed by atoms with Gasteiger partial charge in [-0.1, -0.05) is 29.8 Å². The Kier molecular flexibility index (Phi) is 5.15. The number of ether oxygens (including phenoxy) is 1. The molecule has 4 nitrogen and oxygen atoms in total. The van der Waals surface area contributed by atoms with Crippen molar-refractivity contribution < 1.29 is 9.84 Å². The number of anilines is 1. The molecule has 0 bridgehead atoms. The van der Waals surface area contributed by atoms with Gasteiger partial charge >= 0.3 is 0 Å². The number of hydrogen-bond donors (Lipinski definition) is 2. The molecule has 2 rings (SSSR count). The van der Waals surface area contributed by atoms with E-state index < -0.39 is 6.10 Å². The Labute approximate surface area is 121 Å². The highest BCUT2D eigenvalue weighted by molar-refractivity contribution is 7.14. The zero-order valence-corrected chi connectivity index (χ0v) is 12.0. The Morgan fingerprint density at radius 2 is 2.26 bits per heavy atom. The van der Waals surface area contributed by atoms with Crippen LogP contribution in [0.15, 0.2) is 29.6 Å². The van der Waals surface area contributed by atoms with Crippen LogP contribution in [0.4, 0.5) is 5.13 Å². The molecule has 0 saturated heterocycles. The number of benzene rings is 1. The molecule has 0 spiro atoms. The summed E-state index contributed by atoms with van der Waals surface area (Å²) in [5.41, 5.74) is 1.74. The number of aromatic nitrogens is 1. The third kappa shape index (κ3) is 3.91. The van der Waals surface area contributed by atoms with Crippen LogP contribution in [0.1, 0.15) is 0 Å². The Morgan fingerprint density at radius 1 is 1.47 bits per heavy atom. The molecule has 0 saturated carbocycles. The maximum Gasteiger partial charge on any atom is 0.183 e. The van der Waals surface area contributed by atoms with E-state index in [9.17, 15) is 5.11 Å². The lowest BCUT2D eigenvalue weighted by atomic mass is 10.2. The number of thiazole rings is 1. The smallest absolute Gasteiger partial charge is 0.183 e. The van der Waals surface area contributed by atoms with Crippen molar-refractivity contribution in [2.24, 2.45) is 0 Å². The summed E-state index contributed by atoms with van der Waals surface area (Å²) in [5.74, 6) is 0. The predicted octanol–water partition coefficient (Wildman–Crippen LogP) is 2.88. The van der Waals surface area contributed by atoms with Crippen LogP contribution in [-0.4, -0.2) is 36.5 Å². The number of aliphatic hydroxyl groups is 1. The van der Waals surface area contributed by atoms with Crippen molar-refractivity contribution >= 4 is 28.1 Å². The second-order valence-corrected chi connectivity index (χ2v) is 5.27. The fraction of sp³-hybridized carbons (Fsp3) is 0.308. The van der Waals surface area contributed by atoms with Gasteiger partial charge in [-0.05, 0) is 6.07 Å². The highest BCUT2D eigenvalue weighted by atomic mass is 35.5. The zero-order chi connectivity index (χ0) is 13.7. The average molecular weight is 299 g/mol. The number of rotatable bonds is 6. The molecule has 0 aliphatic carbocycles. The lowest BCUT2D eigenvalue weighted by Crippen LogP contribution is -2.24. The van der Waals surface area contributed by atoms with Crippen LogP contribution in [0.5, 0.6) is 0 Å². The highest BCUT2D eigenvalue weighted by Gasteiger charge is 2.09. The highest BCUT2D eigenvalue weighted by Crippen LogP contribution is 2.30. The van der Waals surface area contributed by atoms with Crippen molar-refractivity contribution in [3.05, 3.63) is 34.7 Å². The third-order valence-corrected chi connectivity index (χ3v) is 3.63. The lowest BCUT2D eigenvalue weighted by molar-refractivity contribution is 0.0727. The maximum absolute atomic E-state index is 9.55. The summed E-state index contributed by atoms with van der Waals surface area (Å²) < 4.78 is 4.86. The summed E-state index contributed by atoms with van der Waals surface area (Å²) in [6.45, 7) is 0.707. The Morgan fingerprint density at radius 3 is 3.00 bits per heavy atom. The first-order chi connectivity index (χ1) is 9.20. The van der Waals surface area contributed by atoms with Gasteiger partial charge in [0.1, 0.15) is 0 Å². The number of hydrogen-bond acceptors (Lipinski definition) is 5. The van der Waals surface area contributed by atoms with Crippen LogP contribution in [-0.2, 0) is 4.74 Å². The molecule has 1 aromatic carbocycles. The monoisotopic (exact) mass is 298 g/mol. The van der Waals surface area contributed by atoms with Crippen LogP contribution in [0.2, 0.25) is 5.02 Å². The average Bonchev–Trinajstić information content (AvgIpc) is 2.86. The number of methoxy groups -OCH3 is 1. The molecule has 0 aliphatic rings. The molecule has 102 valence electrons. The van der Waals surface area contributed by atoms with Gasteiger partial charge in [0.15, 0.2) is 5.13 Å². The first kappa shape index (κ1) is 14.3. The van der Waals surface area contributed by atoms with Crippen molar-refractivity contribution in [1.82, 2.24) is 4.98 Å². The van der Waals surface area contributed by atoms with Gasteiger partial charge in [0.25, 0.3) is 0 Å². The summed E-state index contributed by atoms with van der Waals surface area (Å²) in [6.07, 6.45) is -0.544. The van der Waals surface area contributed by atoms with Gasteiger partial charge in [-0.25, -0.2) is 4.98 Å². The van der Waals surface area contributed by atoms with E-state index in [1.165, 1.54) is 11.3 Å². The van der Waals surface area contributed by atoms with Crippen LogP contribution in [0, 0.1) is 0 Å². The van der Waals surface area contributed by atoms with E-state index in [1.54, 1.807) is 7.11 Å². The Hall–Kier alpha value is -1.14. The minimum Gasteiger partial charge on any atom is -0.389 e. The maximum atomic E-state index is 9.55. The van der Waals surface area contributed by atoms with E-state index >= 15 is 0 Å². The standard InChI is InChI=1S/C13H15ClN2O2S/c1-18-7-9(17)6-15-13-16-12(8-19-13)10-4-2-3-5-11(10)14/h2-5,8-9,17H,6-7H2,1H3,(H,15,16)/t9-/m0/s1. The van der Waals surface area contributed by atoms with Crippen LogP contribution in [0.3, 0.4) is 0 Å². The van der Waals surface area contributed by atoms with Gasteiger partial charge in [-0.3, -0.25) is 0 Å². The number of nitrogens with one attached hydrogen (secondary N) is 1. The number of aliphatic hydroxyl groups excluding tert-OH is 1. The minimum atomic E-state index is -0.544. The molecular weight excluding hydrogens is 284 g/mol. The zero-order valence-electron chi connectivity index (χ0n) is 10.5. The molecule has 2 N–H and O–H groups in total. The molecule has 0 radical (unpaired) electrons. The minimum absolute atomic E-state index is 0.301. The second-order valence-electron chi connectivity index (χ2n) is 4.01. The second kappa shape index (κ2) is 6.86. The normalized spacial score (nSPS) is 12.4. The number of nitrogens with zero attached hydrogens (tertiary/aromatic N) is 1. The molecule has 0 unspecified atom stereocenters. The molecule has 19 heavy (non-hydrogen) atoms. The number of halogens is 1. The van der Waals surface area contributed by atoms with Crippen LogP contribution < -0.4 is 5.32 Å². The van der Waals surface area contributed by atoms with Crippen molar-refractivity contribution in [1.29, 1.82) is 0 Å². The Bertz CT molecular complexity index is 533. The summed E-state index contributed by atoms with van der Waals surface area (Å²) in [4.78, 5) is 4.44. The molecular formula is C13H15ClN2O2S. The van der Waals surface area contributed by atoms with Gasteiger partial charge in [-0.15, -0.1) is 11.3 Å². The van der Waals surface area contributed by atoms with E-state index in [4.69, 9.17) is 16.3 Å². The quantitative estimate of drug-likeness (QED) is 0.861. The third-order valence-electron chi connectivity index (χ3n) is 2.50. The summed E-state index contributed by atoms with van der Waals surface area (Å²) in [6, 6.07) is 7.58. The molecule has 0 aliphatic heterocycles. The molecule has 1 aromatic heterocycles. The molecule has 0 fully saturated rings. The first-order valence-corrected chi connectivity index (χ1v) is 7.07. The van der Waals surface area contributed by atoms with Crippen molar-refractivity contribution in [3.8, 4) is 11.3 Å². The van der Waals surface area contributed by atoms with Gasteiger partial charge in [0, 0.05) is 29.6 Å². The van der Waals surface area contributed by atoms with Crippen LogP contribution >= 0.6 is 22.9 Å². The fourth-order valence-electron chi connectivity index (χ4n) is 1.60. The van der Waals surface area contributed by atoms with Gasteiger partial charge in [0.05, 0.1) is 18.4 Å². The van der Waals surface area contributed by atoms with E-state index in [0.29, 0.717) is 18.2 Å². The van der Waals surface area contributed by atoms with Crippen molar-refractivity contribution in [2.45, 2.75) is 6.10 Å². The summed E-state index contributed by atoms with van der Waals surface area (Å²) >= 11 is 7.60. The topological polar surface area (TPSA) is 54.4 Å². The Balaban J connectivity index is 2.02. The predicted molar refractivity (Wildman–Crippen MR) is 78.9 cm³/mol. The van der Waals surface area contributed by atoms with E-state index in [-0.39, 0.29) is 0 Å². The fourth-order valence-corrected chi connectivity index (χ4v) is 2.56. The summed E-state index contributed by atoms with van der Waals surface area (Å²) in [5, 5.41) is 16.0. The van der Waals surface area contributed by atoms with E-state index in [0.717, 1.165) is 16.4 Å². The van der Waals surface area contributed by atoms with E-state index in [1.807, 2.05) is 29.6 Å². The molecule has 1 heterocycles. The van der Waals surface area contributed by atoms with Gasteiger partial charge in [-0.2, -0.15) is 0 Å². The molecule has 0 amide bonds. The largest absolute Gasteiger partial charge is 0.389 e. The van der Waals surface area contributed by atoms with Crippen molar-refractivity contribution in [2.75, 3.05) is 25.6 Å².